The van der Waals surface area contributed by atoms with Crippen molar-refractivity contribution in [3.05, 3.63) is 29.6 Å². The number of rotatable bonds is 6. The highest BCUT2D eigenvalue weighted by molar-refractivity contribution is 5.93. The van der Waals surface area contributed by atoms with Gasteiger partial charge >= 0.3 is 5.97 Å². The van der Waals surface area contributed by atoms with Gasteiger partial charge < -0.3 is 9.84 Å². The lowest BCUT2D eigenvalue weighted by Gasteiger charge is -2.05. The van der Waals surface area contributed by atoms with E-state index in [0.29, 0.717) is 24.4 Å². The fourth-order valence-electron chi connectivity index (χ4n) is 1.71. The minimum absolute atomic E-state index is 0.141. The Hall–Kier alpha value is -1.75. The van der Waals surface area contributed by atoms with Gasteiger partial charge in [-0.1, -0.05) is 0 Å². The van der Waals surface area contributed by atoms with Crippen LogP contribution in [0.15, 0.2) is 18.3 Å². The van der Waals surface area contributed by atoms with Gasteiger partial charge in [0.15, 0.2) is 12.7 Å². The first-order chi connectivity index (χ1) is 8.06. The zero-order valence-electron chi connectivity index (χ0n) is 9.97. The summed E-state index contributed by atoms with van der Waals surface area (Å²) in [5.74, 6) is -1.09. The minimum Gasteiger partial charge on any atom is -0.481 e. The van der Waals surface area contributed by atoms with Crippen molar-refractivity contribution in [1.82, 2.24) is 0 Å². The summed E-state index contributed by atoms with van der Waals surface area (Å²) < 4.78 is 6.68. The van der Waals surface area contributed by atoms with Gasteiger partial charge in [-0.15, -0.1) is 0 Å². The van der Waals surface area contributed by atoms with Crippen LogP contribution >= 0.6 is 0 Å². The predicted octanol–water partition coefficient (Wildman–Crippen LogP) is 0.450. The fourth-order valence-corrected chi connectivity index (χ4v) is 1.71. The molecule has 0 saturated heterocycles. The maximum absolute atomic E-state index is 11.6. The van der Waals surface area contributed by atoms with Crippen molar-refractivity contribution in [3.63, 3.8) is 0 Å². The van der Waals surface area contributed by atoms with Crippen LogP contribution in [0.3, 0.4) is 0 Å². The molecule has 0 fully saturated rings. The second-order valence-corrected chi connectivity index (χ2v) is 3.69. The molecule has 1 heterocycles. The SMILES string of the molecule is COCC[n+]1cccc(CC(=O)O)c1C(C)=O. The van der Waals surface area contributed by atoms with Crippen LogP contribution < -0.4 is 4.57 Å². The molecule has 0 radical (unpaired) electrons. The molecule has 5 nitrogen and oxygen atoms in total. The van der Waals surface area contributed by atoms with Gasteiger partial charge in [-0.05, 0) is 6.07 Å². The van der Waals surface area contributed by atoms with Crippen molar-refractivity contribution in [2.24, 2.45) is 0 Å². The van der Waals surface area contributed by atoms with E-state index < -0.39 is 5.97 Å². The Kier molecular flexibility index (Phi) is 4.78. The third kappa shape index (κ3) is 3.64. The molecular formula is C12H16NO4+. The maximum Gasteiger partial charge on any atom is 0.308 e. The molecule has 1 aromatic heterocycles. The van der Waals surface area contributed by atoms with Gasteiger partial charge in [-0.2, -0.15) is 4.57 Å². The Balaban J connectivity index is 3.12. The number of aromatic nitrogens is 1. The van der Waals surface area contributed by atoms with E-state index in [-0.39, 0.29) is 12.2 Å². The Morgan fingerprint density at radius 2 is 2.18 bits per heavy atom. The van der Waals surface area contributed by atoms with Gasteiger partial charge in [0.05, 0.1) is 6.42 Å². The Morgan fingerprint density at radius 3 is 2.71 bits per heavy atom. The summed E-state index contributed by atoms with van der Waals surface area (Å²) in [5, 5.41) is 8.79. The van der Waals surface area contributed by atoms with E-state index in [2.05, 4.69) is 0 Å². The van der Waals surface area contributed by atoms with Crippen molar-refractivity contribution in [2.45, 2.75) is 19.9 Å². The zero-order chi connectivity index (χ0) is 12.8. The van der Waals surface area contributed by atoms with Gasteiger partial charge in [-0.25, -0.2) is 0 Å². The molecule has 17 heavy (non-hydrogen) atoms. The summed E-state index contributed by atoms with van der Waals surface area (Å²) in [6.07, 6.45) is 1.60. The van der Waals surface area contributed by atoms with Crippen molar-refractivity contribution >= 4 is 11.8 Å². The Bertz CT molecular complexity index is 429. The van der Waals surface area contributed by atoms with Crippen LogP contribution in [0, 0.1) is 0 Å². The molecule has 0 atom stereocenters. The second-order valence-electron chi connectivity index (χ2n) is 3.69. The topological polar surface area (TPSA) is 67.5 Å². The third-order valence-corrected chi connectivity index (χ3v) is 2.37. The molecule has 0 unspecified atom stereocenters. The number of pyridine rings is 1. The number of carbonyl (C=O) groups excluding carboxylic acids is 1. The molecular weight excluding hydrogens is 222 g/mol. The van der Waals surface area contributed by atoms with E-state index in [0.717, 1.165) is 0 Å². The average Bonchev–Trinajstić information content (AvgIpc) is 2.25. The van der Waals surface area contributed by atoms with E-state index in [1.165, 1.54) is 6.92 Å². The number of ether oxygens (including phenoxy) is 1. The van der Waals surface area contributed by atoms with Crippen LogP contribution in [0.2, 0.25) is 0 Å². The minimum atomic E-state index is -0.947. The first kappa shape index (κ1) is 13.3. The Labute approximate surface area is 99.6 Å². The zero-order valence-corrected chi connectivity index (χ0v) is 9.97. The molecule has 1 aromatic rings. The standard InChI is InChI=1S/C12H15NO4/c1-9(14)12-10(8-11(15)16)4-3-5-13(12)6-7-17-2/h3-5H,6-8H2,1-2H3/p+1. The van der Waals surface area contributed by atoms with E-state index in [9.17, 15) is 9.59 Å². The summed E-state index contributed by atoms with van der Waals surface area (Å²) in [6, 6.07) is 3.40. The average molecular weight is 238 g/mol. The molecule has 0 aliphatic carbocycles. The van der Waals surface area contributed by atoms with Crippen molar-refractivity contribution in [3.8, 4) is 0 Å². The largest absolute Gasteiger partial charge is 0.481 e. The lowest BCUT2D eigenvalue weighted by Crippen LogP contribution is -2.42. The van der Waals surface area contributed by atoms with Crippen molar-refractivity contribution in [1.29, 1.82) is 0 Å². The summed E-state index contributed by atoms with van der Waals surface area (Å²) >= 11 is 0. The lowest BCUT2D eigenvalue weighted by molar-refractivity contribution is -0.700. The van der Waals surface area contributed by atoms with E-state index in [1.54, 1.807) is 30.0 Å². The normalized spacial score (nSPS) is 10.2. The number of Topliss-reactive ketones (excluding diaryl/α,β-unsaturated/α-hetero) is 1. The van der Waals surface area contributed by atoms with Gasteiger partial charge in [0, 0.05) is 25.7 Å². The van der Waals surface area contributed by atoms with Crippen LogP contribution in [-0.4, -0.2) is 30.6 Å². The van der Waals surface area contributed by atoms with Crippen molar-refractivity contribution in [2.75, 3.05) is 13.7 Å². The number of carboxylic acids is 1. The monoisotopic (exact) mass is 238 g/mol. The summed E-state index contributed by atoms with van der Waals surface area (Å²) in [4.78, 5) is 22.3. The number of methoxy groups -OCH3 is 1. The fraction of sp³-hybridized carbons (Fsp3) is 0.417. The number of hydrogen-bond donors (Lipinski definition) is 1. The van der Waals surface area contributed by atoms with Crippen LogP contribution in [0.1, 0.15) is 23.0 Å². The summed E-state index contributed by atoms with van der Waals surface area (Å²) in [7, 11) is 1.58. The maximum atomic E-state index is 11.6. The van der Waals surface area contributed by atoms with Gasteiger partial charge in [0.2, 0.25) is 5.78 Å². The number of hydrogen-bond acceptors (Lipinski definition) is 3. The molecule has 0 aliphatic rings. The molecule has 5 heteroatoms. The molecule has 0 saturated carbocycles. The highest BCUT2D eigenvalue weighted by atomic mass is 16.5. The number of carbonyl (C=O) groups is 2. The van der Waals surface area contributed by atoms with Gasteiger partial charge in [0.25, 0.3) is 5.69 Å². The number of aliphatic carboxylic acids is 1. The molecule has 92 valence electrons. The Morgan fingerprint density at radius 1 is 1.47 bits per heavy atom. The summed E-state index contributed by atoms with van der Waals surface area (Å²) in [5.41, 5.74) is 0.968. The van der Waals surface area contributed by atoms with E-state index >= 15 is 0 Å². The molecule has 0 bridgehead atoms. The number of ketones is 1. The molecule has 1 rings (SSSR count). The highest BCUT2D eigenvalue weighted by Crippen LogP contribution is 2.06. The lowest BCUT2D eigenvalue weighted by atomic mass is 10.1. The van der Waals surface area contributed by atoms with Crippen LogP contribution in [0.5, 0.6) is 0 Å². The van der Waals surface area contributed by atoms with E-state index in [1.807, 2.05) is 0 Å². The number of nitrogens with zero attached hydrogens (tertiary/aromatic N) is 1. The first-order valence-corrected chi connectivity index (χ1v) is 5.29. The molecule has 1 N–H and O–H groups in total. The summed E-state index contributed by atoms with van der Waals surface area (Å²) in [6.45, 7) is 2.43. The molecule has 0 aromatic carbocycles. The van der Waals surface area contributed by atoms with Crippen LogP contribution in [-0.2, 0) is 22.5 Å². The van der Waals surface area contributed by atoms with Crippen LogP contribution in [0.25, 0.3) is 0 Å². The van der Waals surface area contributed by atoms with Gasteiger partial charge in [0.1, 0.15) is 6.61 Å². The second kappa shape index (κ2) is 6.10. The van der Waals surface area contributed by atoms with Crippen molar-refractivity contribution < 1.29 is 24.0 Å². The molecule has 0 spiro atoms. The predicted molar refractivity (Wildman–Crippen MR) is 59.9 cm³/mol. The number of carboxylic acid groups (broad SMARTS) is 1. The smallest absolute Gasteiger partial charge is 0.308 e. The quantitative estimate of drug-likeness (QED) is 0.577. The van der Waals surface area contributed by atoms with Crippen LogP contribution in [0.4, 0.5) is 0 Å². The molecule has 0 aliphatic heterocycles. The third-order valence-electron chi connectivity index (χ3n) is 2.37. The highest BCUT2D eigenvalue weighted by Gasteiger charge is 2.21. The molecule has 0 amide bonds. The first-order valence-electron chi connectivity index (χ1n) is 5.29. The van der Waals surface area contributed by atoms with Gasteiger partial charge in [-0.3, -0.25) is 9.59 Å². The van der Waals surface area contributed by atoms with E-state index in [4.69, 9.17) is 9.84 Å².